The van der Waals surface area contributed by atoms with Gasteiger partial charge in [-0.15, -0.1) is 0 Å². The smallest absolute Gasteiger partial charge is 0.404 e. The van der Waals surface area contributed by atoms with Crippen molar-refractivity contribution in [1.29, 1.82) is 0 Å². The zero-order chi connectivity index (χ0) is 9.68. The number of nitrogens with one attached hydrogen (secondary N) is 1. The second kappa shape index (κ2) is 4.69. The third kappa shape index (κ3) is 3.31. The maximum Gasteiger partial charge on any atom is 0.404 e. The largest absolute Gasteiger partial charge is 0.465 e. The minimum Gasteiger partial charge on any atom is -0.465 e. The fraction of sp³-hybridized carbons (Fsp3) is 0.750. The van der Waals surface area contributed by atoms with Gasteiger partial charge in [0.1, 0.15) is 6.10 Å². The van der Waals surface area contributed by atoms with Crippen LogP contribution < -0.4 is 5.32 Å². The Morgan fingerprint density at radius 1 is 1.38 bits per heavy atom. The van der Waals surface area contributed by atoms with Gasteiger partial charge in [0.15, 0.2) is 0 Å². The lowest BCUT2D eigenvalue weighted by atomic mass is 9.93. The first kappa shape index (κ1) is 9.83. The molecule has 0 aromatic heterocycles. The summed E-state index contributed by atoms with van der Waals surface area (Å²) in [5, 5.41) is 10.9. The Kier molecular flexibility index (Phi) is 3.54. The zero-order valence-electron chi connectivity index (χ0n) is 7.23. The topological polar surface area (TPSA) is 75.6 Å². The standard InChI is InChI=1S/C8H13NO4/c10-5-13-7-3-1-6(2-4-7)9-8(11)12/h5-7,9H,1-4H2,(H,11,12)/t6-,7-. The monoisotopic (exact) mass is 187 g/mol. The Morgan fingerprint density at radius 2 is 2.00 bits per heavy atom. The molecule has 0 bridgehead atoms. The summed E-state index contributed by atoms with van der Waals surface area (Å²) >= 11 is 0. The molecule has 1 saturated carbocycles. The van der Waals surface area contributed by atoms with Crippen LogP contribution in [-0.4, -0.2) is 29.8 Å². The number of hydrogen-bond acceptors (Lipinski definition) is 3. The number of rotatable bonds is 3. The van der Waals surface area contributed by atoms with Crippen LogP contribution in [0, 0.1) is 0 Å². The molecule has 0 aliphatic heterocycles. The predicted molar refractivity (Wildman–Crippen MR) is 44.4 cm³/mol. The minimum absolute atomic E-state index is 0.0176. The molecule has 0 spiro atoms. The second-order valence-corrected chi connectivity index (χ2v) is 3.16. The van der Waals surface area contributed by atoms with Crippen LogP contribution in [0.4, 0.5) is 4.79 Å². The molecule has 74 valence electrons. The summed E-state index contributed by atoms with van der Waals surface area (Å²) in [6.07, 6.45) is 1.95. The van der Waals surface area contributed by atoms with Crippen molar-refractivity contribution in [1.82, 2.24) is 5.32 Å². The van der Waals surface area contributed by atoms with Gasteiger partial charge in [-0.1, -0.05) is 0 Å². The molecule has 0 aromatic rings. The van der Waals surface area contributed by atoms with E-state index in [1.807, 2.05) is 0 Å². The van der Waals surface area contributed by atoms with Crippen molar-refractivity contribution >= 4 is 12.6 Å². The average Bonchev–Trinajstić information content (AvgIpc) is 2.08. The zero-order valence-corrected chi connectivity index (χ0v) is 7.23. The molecule has 1 aliphatic carbocycles. The molecule has 13 heavy (non-hydrogen) atoms. The van der Waals surface area contributed by atoms with Crippen LogP contribution in [-0.2, 0) is 9.53 Å². The molecule has 5 nitrogen and oxygen atoms in total. The van der Waals surface area contributed by atoms with E-state index >= 15 is 0 Å². The summed E-state index contributed by atoms with van der Waals surface area (Å²) in [7, 11) is 0. The molecular formula is C8H13NO4. The molecule has 0 atom stereocenters. The van der Waals surface area contributed by atoms with Crippen LogP contribution in [0.3, 0.4) is 0 Å². The highest BCUT2D eigenvalue weighted by molar-refractivity contribution is 5.64. The molecule has 0 unspecified atom stereocenters. The first-order chi connectivity index (χ1) is 6.22. The number of carboxylic acid groups (broad SMARTS) is 1. The van der Waals surface area contributed by atoms with Gasteiger partial charge in [0.2, 0.25) is 0 Å². The number of carbonyl (C=O) groups excluding carboxylic acids is 1. The fourth-order valence-corrected chi connectivity index (χ4v) is 1.60. The molecule has 1 amide bonds. The van der Waals surface area contributed by atoms with Gasteiger partial charge in [-0.3, -0.25) is 4.79 Å². The first-order valence-electron chi connectivity index (χ1n) is 4.31. The highest BCUT2D eigenvalue weighted by atomic mass is 16.5. The van der Waals surface area contributed by atoms with Crippen LogP contribution in [0.15, 0.2) is 0 Å². The SMILES string of the molecule is O=CO[C@H]1CC[C@H](NC(=O)O)CC1. The number of ether oxygens (including phenoxy) is 1. The van der Waals surface area contributed by atoms with Crippen LogP contribution in [0.2, 0.25) is 0 Å². The average molecular weight is 187 g/mol. The van der Waals surface area contributed by atoms with E-state index in [-0.39, 0.29) is 12.1 Å². The molecule has 1 fully saturated rings. The van der Waals surface area contributed by atoms with E-state index in [0.29, 0.717) is 6.47 Å². The van der Waals surface area contributed by atoms with E-state index in [1.54, 1.807) is 0 Å². The van der Waals surface area contributed by atoms with Crippen molar-refractivity contribution in [3.8, 4) is 0 Å². The highest BCUT2D eigenvalue weighted by Crippen LogP contribution is 2.20. The summed E-state index contributed by atoms with van der Waals surface area (Å²) in [4.78, 5) is 20.3. The summed E-state index contributed by atoms with van der Waals surface area (Å²) in [5.74, 6) is 0. The van der Waals surface area contributed by atoms with Crippen molar-refractivity contribution in [3.05, 3.63) is 0 Å². The fourth-order valence-electron chi connectivity index (χ4n) is 1.60. The van der Waals surface area contributed by atoms with E-state index in [2.05, 4.69) is 5.32 Å². The Morgan fingerprint density at radius 3 is 2.46 bits per heavy atom. The third-order valence-electron chi connectivity index (χ3n) is 2.25. The molecule has 1 aliphatic rings. The molecule has 5 heteroatoms. The van der Waals surface area contributed by atoms with Gasteiger partial charge in [-0.05, 0) is 25.7 Å². The van der Waals surface area contributed by atoms with E-state index in [1.165, 1.54) is 0 Å². The quantitative estimate of drug-likeness (QED) is 0.639. The molecule has 2 N–H and O–H groups in total. The van der Waals surface area contributed by atoms with Crippen molar-refractivity contribution in [3.63, 3.8) is 0 Å². The first-order valence-corrected chi connectivity index (χ1v) is 4.31. The Balaban J connectivity index is 2.22. The van der Waals surface area contributed by atoms with E-state index in [9.17, 15) is 9.59 Å². The van der Waals surface area contributed by atoms with Crippen molar-refractivity contribution < 1.29 is 19.4 Å². The van der Waals surface area contributed by atoms with Crippen LogP contribution in [0.5, 0.6) is 0 Å². The van der Waals surface area contributed by atoms with Gasteiger partial charge in [0.05, 0.1) is 0 Å². The lowest BCUT2D eigenvalue weighted by Gasteiger charge is -2.26. The van der Waals surface area contributed by atoms with E-state index < -0.39 is 6.09 Å². The van der Waals surface area contributed by atoms with Crippen molar-refractivity contribution in [2.45, 2.75) is 37.8 Å². The highest BCUT2D eigenvalue weighted by Gasteiger charge is 2.22. The predicted octanol–water partition coefficient (Wildman–Crippen LogP) is 0.738. The van der Waals surface area contributed by atoms with Gasteiger partial charge < -0.3 is 15.2 Å². The Bertz CT molecular complexity index is 187. The maximum absolute atomic E-state index is 10.3. The molecular weight excluding hydrogens is 174 g/mol. The molecule has 1 rings (SSSR count). The van der Waals surface area contributed by atoms with Gasteiger partial charge >= 0.3 is 6.09 Å². The lowest BCUT2D eigenvalue weighted by Crippen LogP contribution is -2.38. The third-order valence-corrected chi connectivity index (χ3v) is 2.25. The molecule has 0 heterocycles. The normalized spacial score (nSPS) is 27.7. The van der Waals surface area contributed by atoms with Crippen LogP contribution in [0.1, 0.15) is 25.7 Å². The minimum atomic E-state index is -0.986. The summed E-state index contributed by atoms with van der Waals surface area (Å²) in [6, 6.07) is 0.0176. The summed E-state index contributed by atoms with van der Waals surface area (Å²) < 4.78 is 4.78. The Hall–Kier alpha value is -1.26. The maximum atomic E-state index is 10.3. The van der Waals surface area contributed by atoms with Crippen molar-refractivity contribution in [2.75, 3.05) is 0 Å². The molecule has 0 radical (unpaired) electrons. The molecule has 0 saturated heterocycles. The van der Waals surface area contributed by atoms with Gasteiger partial charge in [-0.25, -0.2) is 4.79 Å². The van der Waals surface area contributed by atoms with Gasteiger partial charge in [0, 0.05) is 6.04 Å². The number of amides is 1. The molecule has 0 aromatic carbocycles. The van der Waals surface area contributed by atoms with E-state index in [4.69, 9.17) is 9.84 Å². The summed E-state index contributed by atoms with van der Waals surface area (Å²) in [5.41, 5.74) is 0. The van der Waals surface area contributed by atoms with E-state index in [0.717, 1.165) is 25.7 Å². The van der Waals surface area contributed by atoms with Crippen LogP contribution in [0.25, 0.3) is 0 Å². The van der Waals surface area contributed by atoms with Gasteiger partial charge in [-0.2, -0.15) is 0 Å². The van der Waals surface area contributed by atoms with Crippen LogP contribution >= 0.6 is 0 Å². The van der Waals surface area contributed by atoms with Gasteiger partial charge in [0.25, 0.3) is 6.47 Å². The second-order valence-electron chi connectivity index (χ2n) is 3.16. The lowest BCUT2D eigenvalue weighted by molar-refractivity contribution is -0.135. The number of carbonyl (C=O) groups is 2. The Labute approximate surface area is 76.1 Å². The van der Waals surface area contributed by atoms with Crippen molar-refractivity contribution in [2.24, 2.45) is 0 Å². The summed E-state index contributed by atoms with van der Waals surface area (Å²) in [6.45, 7) is 0.454. The number of hydrogen-bond donors (Lipinski definition) is 2.